The Morgan fingerprint density at radius 1 is 0.931 bits per heavy atom. The molecule has 0 aliphatic heterocycles. The van der Waals surface area contributed by atoms with Crippen molar-refractivity contribution in [2.45, 2.75) is 45.4 Å². The summed E-state index contributed by atoms with van der Waals surface area (Å²) in [6.45, 7) is 4.19. The predicted molar refractivity (Wildman–Crippen MR) is 110 cm³/mol. The van der Waals surface area contributed by atoms with Crippen molar-refractivity contribution in [1.29, 1.82) is 0 Å². The third kappa shape index (κ3) is 7.58. The van der Waals surface area contributed by atoms with E-state index >= 15 is 0 Å². The van der Waals surface area contributed by atoms with E-state index in [2.05, 4.69) is 5.32 Å². The molecule has 2 atom stereocenters. The van der Waals surface area contributed by atoms with Gasteiger partial charge in [-0.1, -0.05) is 56.3 Å². The molecule has 29 heavy (non-hydrogen) atoms. The minimum atomic E-state index is -0.711. The number of aromatic hydroxyl groups is 1. The molecule has 0 amide bonds. The molecule has 0 radical (unpaired) electrons. The van der Waals surface area contributed by atoms with Gasteiger partial charge in [0.05, 0.1) is 7.11 Å². The van der Waals surface area contributed by atoms with Gasteiger partial charge >= 0.3 is 11.9 Å². The maximum Gasteiger partial charge on any atom is 0.323 e. The molecular formula is C23H29NO5. The molecule has 0 heterocycles. The number of hydrogen-bond acceptors (Lipinski definition) is 6. The number of phenolic OH excluding ortho intramolecular Hbond substituents is 1. The van der Waals surface area contributed by atoms with Gasteiger partial charge in [0.2, 0.25) is 0 Å². The average Bonchev–Trinajstić information content (AvgIpc) is 2.72. The fourth-order valence-electron chi connectivity index (χ4n) is 3.00. The smallest absolute Gasteiger partial charge is 0.323 e. The molecule has 2 aromatic carbocycles. The molecule has 6 nitrogen and oxygen atoms in total. The third-order valence-electron chi connectivity index (χ3n) is 4.48. The standard InChI is InChI=1S/C23H29NO5/c1-16(2)13-20(23(27)29-15-18-7-5-4-6-8-18)24-21(22(26)28-3)14-17-9-11-19(25)12-10-17/h4-12,16,20-21,24-25H,13-15H2,1-3H3. The SMILES string of the molecule is COC(=O)C(Cc1ccc(O)cc1)NC(CC(C)C)C(=O)OCc1ccccc1. The molecule has 0 saturated heterocycles. The van der Waals surface area contributed by atoms with Crippen molar-refractivity contribution in [3.63, 3.8) is 0 Å². The summed E-state index contributed by atoms with van der Waals surface area (Å²) in [5.74, 6) is -0.480. The first-order valence-corrected chi connectivity index (χ1v) is 9.71. The molecule has 0 spiro atoms. The molecule has 2 rings (SSSR count). The second-order valence-electron chi connectivity index (χ2n) is 7.39. The van der Waals surface area contributed by atoms with Crippen molar-refractivity contribution < 1.29 is 24.2 Å². The molecule has 0 aliphatic carbocycles. The summed E-state index contributed by atoms with van der Waals surface area (Å²) in [6.07, 6.45) is 0.851. The Labute approximate surface area is 171 Å². The highest BCUT2D eigenvalue weighted by Gasteiger charge is 2.29. The topological polar surface area (TPSA) is 84.9 Å². The minimum Gasteiger partial charge on any atom is -0.508 e. The van der Waals surface area contributed by atoms with E-state index in [0.717, 1.165) is 11.1 Å². The second-order valence-corrected chi connectivity index (χ2v) is 7.39. The molecule has 156 valence electrons. The lowest BCUT2D eigenvalue weighted by atomic mass is 10.0. The van der Waals surface area contributed by atoms with Crippen LogP contribution in [0.1, 0.15) is 31.4 Å². The fraction of sp³-hybridized carbons (Fsp3) is 0.391. The van der Waals surface area contributed by atoms with E-state index in [1.54, 1.807) is 24.3 Å². The maximum absolute atomic E-state index is 12.7. The lowest BCUT2D eigenvalue weighted by Gasteiger charge is -2.24. The lowest BCUT2D eigenvalue weighted by Crippen LogP contribution is -2.49. The number of methoxy groups -OCH3 is 1. The zero-order valence-electron chi connectivity index (χ0n) is 17.1. The number of rotatable bonds is 10. The van der Waals surface area contributed by atoms with Crippen molar-refractivity contribution in [3.8, 4) is 5.75 Å². The van der Waals surface area contributed by atoms with Gasteiger partial charge in [0, 0.05) is 0 Å². The highest BCUT2D eigenvalue weighted by atomic mass is 16.5. The zero-order valence-corrected chi connectivity index (χ0v) is 17.1. The maximum atomic E-state index is 12.7. The van der Waals surface area contributed by atoms with Crippen LogP contribution < -0.4 is 5.32 Å². The Bertz CT molecular complexity index is 774. The first kappa shape index (κ1) is 22.4. The van der Waals surface area contributed by atoms with Crippen LogP contribution >= 0.6 is 0 Å². The van der Waals surface area contributed by atoms with Gasteiger partial charge < -0.3 is 14.6 Å². The van der Waals surface area contributed by atoms with Crippen molar-refractivity contribution in [2.24, 2.45) is 5.92 Å². The van der Waals surface area contributed by atoms with E-state index in [-0.39, 0.29) is 18.3 Å². The molecular weight excluding hydrogens is 370 g/mol. The van der Waals surface area contributed by atoms with Crippen LogP contribution in [0, 0.1) is 5.92 Å². The number of nitrogens with one attached hydrogen (secondary N) is 1. The van der Waals surface area contributed by atoms with Crippen LogP contribution in [0.4, 0.5) is 0 Å². The summed E-state index contributed by atoms with van der Waals surface area (Å²) in [6, 6.07) is 14.7. The molecule has 0 aromatic heterocycles. The highest BCUT2D eigenvalue weighted by Crippen LogP contribution is 2.14. The largest absolute Gasteiger partial charge is 0.508 e. The number of carbonyl (C=O) groups excluding carboxylic acids is 2. The minimum absolute atomic E-state index is 0.151. The third-order valence-corrected chi connectivity index (χ3v) is 4.48. The first-order valence-electron chi connectivity index (χ1n) is 9.71. The van der Waals surface area contributed by atoms with E-state index < -0.39 is 24.0 Å². The summed E-state index contributed by atoms with van der Waals surface area (Å²) in [5, 5.41) is 12.6. The van der Waals surface area contributed by atoms with Gasteiger partial charge in [0.25, 0.3) is 0 Å². The Morgan fingerprint density at radius 2 is 1.59 bits per heavy atom. The van der Waals surface area contributed by atoms with E-state index in [9.17, 15) is 14.7 Å². The number of benzene rings is 2. The molecule has 6 heteroatoms. The summed E-state index contributed by atoms with van der Waals surface area (Å²) in [4.78, 5) is 25.0. The molecule has 2 aromatic rings. The Balaban J connectivity index is 2.09. The first-order chi connectivity index (χ1) is 13.9. The van der Waals surface area contributed by atoms with Crippen molar-refractivity contribution in [3.05, 3.63) is 65.7 Å². The summed E-state index contributed by atoms with van der Waals surface area (Å²) < 4.78 is 10.4. The summed E-state index contributed by atoms with van der Waals surface area (Å²) in [5.41, 5.74) is 1.74. The molecule has 0 bridgehead atoms. The summed E-state index contributed by atoms with van der Waals surface area (Å²) >= 11 is 0. The van der Waals surface area contributed by atoms with Crippen LogP contribution in [-0.2, 0) is 32.1 Å². The van der Waals surface area contributed by atoms with Gasteiger partial charge in [-0.25, -0.2) is 0 Å². The van der Waals surface area contributed by atoms with Crippen LogP contribution in [0.5, 0.6) is 5.75 Å². The fourth-order valence-corrected chi connectivity index (χ4v) is 3.00. The quantitative estimate of drug-likeness (QED) is 0.597. The molecule has 2 unspecified atom stereocenters. The van der Waals surface area contributed by atoms with Gasteiger partial charge in [-0.2, -0.15) is 0 Å². The van der Waals surface area contributed by atoms with E-state index in [1.165, 1.54) is 7.11 Å². The molecule has 0 fully saturated rings. The van der Waals surface area contributed by atoms with Crippen LogP contribution in [-0.4, -0.2) is 36.2 Å². The number of esters is 2. The van der Waals surface area contributed by atoms with Gasteiger partial charge in [0.15, 0.2) is 0 Å². The predicted octanol–water partition coefficient (Wildman–Crippen LogP) is 3.22. The number of ether oxygens (including phenoxy) is 2. The van der Waals surface area contributed by atoms with E-state index in [0.29, 0.717) is 12.8 Å². The number of hydrogen-bond donors (Lipinski definition) is 2. The summed E-state index contributed by atoms with van der Waals surface area (Å²) in [7, 11) is 1.32. The van der Waals surface area contributed by atoms with E-state index in [1.807, 2.05) is 44.2 Å². The number of carbonyl (C=O) groups is 2. The van der Waals surface area contributed by atoms with Gasteiger partial charge in [-0.15, -0.1) is 0 Å². The highest BCUT2D eigenvalue weighted by molar-refractivity contribution is 5.80. The van der Waals surface area contributed by atoms with Crippen LogP contribution in [0.15, 0.2) is 54.6 Å². The number of phenols is 1. The second kappa shape index (κ2) is 11.2. The van der Waals surface area contributed by atoms with Crippen LogP contribution in [0.3, 0.4) is 0 Å². The van der Waals surface area contributed by atoms with Gasteiger partial charge in [0.1, 0.15) is 24.4 Å². The lowest BCUT2D eigenvalue weighted by molar-refractivity contribution is -0.149. The normalized spacial score (nSPS) is 13.0. The van der Waals surface area contributed by atoms with Crippen molar-refractivity contribution in [1.82, 2.24) is 5.32 Å². The van der Waals surface area contributed by atoms with Crippen molar-refractivity contribution >= 4 is 11.9 Å². The average molecular weight is 399 g/mol. The monoisotopic (exact) mass is 399 g/mol. The van der Waals surface area contributed by atoms with Gasteiger partial charge in [-0.05, 0) is 42.0 Å². The van der Waals surface area contributed by atoms with Gasteiger partial charge in [-0.3, -0.25) is 14.9 Å². The Hall–Kier alpha value is -2.86. The molecule has 2 N–H and O–H groups in total. The van der Waals surface area contributed by atoms with Crippen LogP contribution in [0.25, 0.3) is 0 Å². The Kier molecular flexibility index (Phi) is 8.68. The molecule has 0 saturated carbocycles. The van der Waals surface area contributed by atoms with E-state index in [4.69, 9.17) is 9.47 Å². The van der Waals surface area contributed by atoms with Crippen LogP contribution in [0.2, 0.25) is 0 Å². The zero-order chi connectivity index (χ0) is 21.2. The Morgan fingerprint density at radius 3 is 2.17 bits per heavy atom. The molecule has 0 aliphatic rings. The van der Waals surface area contributed by atoms with Crippen molar-refractivity contribution in [2.75, 3.05) is 7.11 Å².